The van der Waals surface area contributed by atoms with Crippen LogP contribution in [0.4, 0.5) is 5.69 Å². The lowest BCUT2D eigenvalue weighted by Crippen LogP contribution is -2.29. The molecule has 0 spiro atoms. The second-order valence-electron chi connectivity index (χ2n) is 5.89. The van der Waals surface area contributed by atoms with Crippen LogP contribution in [0, 0.1) is 0 Å². The number of carbonyl (C=O) groups excluding carboxylic acids is 5. The molecule has 0 radical (unpaired) electrons. The second-order valence-corrected chi connectivity index (χ2v) is 5.89. The molecule has 8 heteroatoms. The van der Waals surface area contributed by atoms with Gasteiger partial charge in [-0.2, -0.15) is 0 Å². The summed E-state index contributed by atoms with van der Waals surface area (Å²) in [6, 6.07) is 7.59. The number of fused-ring (bicyclic) bond motifs is 2. The SMILES string of the molecule is CN1C(=O)c2ccc(N3C(=O)c4ccc(C(=O)[O-])cc4C3=O)cc2C1=O. The number of carbonyl (C=O) groups is 5. The molecule has 2 aliphatic rings. The third-order valence-electron chi connectivity index (χ3n) is 4.45. The van der Waals surface area contributed by atoms with Crippen molar-refractivity contribution in [1.82, 2.24) is 4.90 Å². The summed E-state index contributed by atoms with van der Waals surface area (Å²) in [5, 5.41) is 11.0. The van der Waals surface area contributed by atoms with Crippen LogP contribution in [0.15, 0.2) is 36.4 Å². The molecule has 0 aliphatic carbocycles. The zero-order chi connectivity index (χ0) is 18.7. The van der Waals surface area contributed by atoms with Gasteiger partial charge in [-0.15, -0.1) is 0 Å². The predicted octanol–water partition coefficient (Wildman–Crippen LogP) is 0.0765. The van der Waals surface area contributed by atoms with Crippen molar-refractivity contribution in [2.24, 2.45) is 0 Å². The van der Waals surface area contributed by atoms with Crippen LogP contribution in [0.2, 0.25) is 0 Å². The fourth-order valence-corrected chi connectivity index (χ4v) is 3.09. The van der Waals surface area contributed by atoms with Gasteiger partial charge >= 0.3 is 0 Å². The summed E-state index contributed by atoms with van der Waals surface area (Å²) in [6.45, 7) is 0. The van der Waals surface area contributed by atoms with E-state index in [-0.39, 0.29) is 33.5 Å². The minimum Gasteiger partial charge on any atom is -0.545 e. The summed E-state index contributed by atoms with van der Waals surface area (Å²) >= 11 is 0. The number of rotatable bonds is 2. The van der Waals surface area contributed by atoms with E-state index < -0.39 is 29.6 Å². The first-order valence-corrected chi connectivity index (χ1v) is 7.52. The monoisotopic (exact) mass is 349 g/mol. The minimum atomic E-state index is -1.46. The van der Waals surface area contributed by atoms with Gasteiger partial charge in [-0.1, -0.05) is 6.07 Å². The molecule has 4 rings (SSSR count). The van der Waals surface area contributed by atoms with Crippen molar-refractivity contribution < 1.29 is 29.1 Å². The van der Waals surface area contributed by atoms with Gasteiger partial charge in [-0.3, -0.25) is 24.1 Å². The molecule has 0 saturated heterocycles. The molecule has 2 aromatic rings. The molecule has 0 bridgehead atoms. The number of carboxylic acid groups (broad SMARTS) is 1. The Morgan fingerprint density at radius 1 is 0.769 bits per heavy atom. The topological polar surface area (TPSA) is 115 Å². The van der Waals surface area contributed by atoms with Crippen molar-refractivity contribution in [2.45, 2.75) is 0 Å². The smallest absolute Gasteiger partial charge is 0.266 e. The van der Waals surface area contributed by atoms with Crippen molar-refractivity contribution in [3.63, 3.8) is 0 Å². The Balaban J connectivity index is 1.80. The molecule has 0 saturated carbocycles. The third kappa shape index (κ3) is 1.92. The molecule has 0 atom stereocenters. The number of imide groups is 2. The van der Waals surface area contributed by atoms with E-state index >= 15 is 0 Å². The molecule has 0 unspecified atom stereocenters. The molecule has 26 heavy (non-hydrogen) atoms. The Morgan fingerprint density at radius 3 is 2.00 bits per heavy atom. The standard InChI is InChI=1S/C18H10N2O6/c1-19-14(21)10-5-3-9(7-13(10)15(19)22)20-16(23)11-4-2-8(18(25)26)6-12(11)17(20)24/h2-7H,1H3,(H,25,26)/p-1. The number of amides is 4. The number of benzene rings is 2. The van der Waals surface area contributed by atoms with Gasteiger partial charge in [-0.05, 0) is 35.9 Å². The lowest BCUT2D eigenvalue weighted by atomic mass is 10.1. The molecule has 0 N–H and O–H groups in total. The maximum absolute atomic E-state index is 12.6. The average molecular weight is 349 g/mol. The number of hydrogen-bond donors (Lipinski definition) is 0. The van der Waals surface area contributed by atoms with Gasteiger partial charge in [0.05, 0.1) is 33.9 Å². The Kier molecular flexibility index (Phi) is 3.07. The summed E-state index contributed by atoms with van der Waals surface area (Å²) in [5.41, 5.74) is 0.195. The number of aromatic carboxylic acids is 1. The van der Waals surface area contributed by atoms with E-state index in [4.69, 9.17) is 0 Å². The predicted molar refractivity (Wildman–Crippen MR) is 84.8 cm³/mol. The van der Waals surface area contributed by atoms with Crippen LogP contribution < -0.4 is 10.0 Å². The molecule has 0 aromatic heterocycles. The highest BCUT2D eigenvalue weighted by Gasteiger charge is 2.39. The van der Waals surface area contributed by atoms with Crippen LogP contribution in [0.5, 0.6) is 0 Å². The van der Waals surface area contributed by atoms with Crippen LogP contribution in [0.1, 0.15) is 51.8 Å². The molecule has 2 aliphatic heterocycles. The zero-order valence-corrected chi connectivity index (χ0v) is 13.3. The molecule has 4 amide bonds. The van der Waals surface area contributed by atoms with Gasteiger partial charge in [0.2, 0.25) is 0 Å². The highest BCUT2D eigenvalue weighted by molar-refractivity contribution is 6.35. The summed E-state index contributed by atoms with van der Waals surface area (Å²) in [7, 11) is 1.34. The van der Waals surface area contributed by atoms with Crippen molar-refractivity contribution in [3.8, 4) is 0 Å². The van der Waals surface area contributed by atoms with Crippen molar-refractivity contribution in [3.05, 3.63) is 64.2 Å². The summed E-state index contributed by atoms with van der Waals surface area (Å²) in [6.07, 6.45) is 0. The molecule has 2 heterocycles. The van der Waals surface area contributed by atoms with Crippen molar-refractivity contribution in [1.29, 1.82) is 0 Å². The Hall–Kier alpha value is -3.81. The van der Waals surface area contributed by atoms with Gasteiger partial charge in [0.15, 0.2) is 0 Å². The van der Waals surface area contributed by atoms with E-state index in [1.165, 1.54) is 37.4 Å². The fourth-order valence-electron chi connectivity index (χ4n) is 3.09. The lowest BCUT2D eigenvalue weighted by molar-refractivity contribution is -0.255. The largest absolute Gasteiger partial charge is 0.545 e. The number of nitrogens with zero attached hydrogens (tertiary/aromatic N) is 2. The van der Waals surface area contributed by atoms with Gasteiger partial charge < -0.3 is 9.90 Å². The van der Waals surface area contributed by atoms with Crippen molar-refractivity contribution in [2.75, 3.05) is 11.9 Å². The summed E-state index contributed by atoms with van der Waals surface area (Å²) in [4.78, 5) is 62.0. The molecule has 2 aromatic carbocycles. The van der Waals surface area contributed by atoms with Crippen LogP contribution in [0.3, 0.4) is 0 Å². The maximum Gasteiger partial charge on any atom is 0.266 e. The number of anilines is 1. The number of hydrogen-bond acceptors (Lipinski definition) is 6. The Labute approximate surface area is 146 Å². The summed E-state index contributed by atoms with van der Waals surface area (Å²) in [5.74, 6) is -3.80. The third-order valence-corrected chi connectivity index (χ3v) is 4.45. The molecule has 128 valence electrons. The van der Waals surface area contributed by atoms with Crippen LogP contribution in [0.25, 0.3) is 0 Å². The lowest BCUT2D eigenvalue weighted by Gasteiger charge is -2.14. The maximum atomic E-state index is 12.6. The van der Waals surface area contributed by atoms with Crippen LogP contribution >= 0.6 is 0 Å². The van der Waals surface area contributed by atoms with Crippen LogP contribution in [-0.4, -0.2) is 41.5 Å². The highest BCUT2D eigenvalue weighted by Crippen LogP contribution is 2.32. The number of carboxylic acids is 1. The first kappa shape index (κ1) is 15.7. The van der Waals surface area contributed by atoms with Gasteiger partial charge in [-0.25, -0.2) is 4.90 Å². The minimum absolute atomic E-state index is 0.0556. The fraction of sp³-hybridized carbons (Fsp3) is 0.0556. The molecule has 8 nitrogen and oxygen atoms in total. The zero-order valence-electron chi connectivity index (χ0n) is 13.3. The molecular weight excluding hydrogens is 340 g/mol. The Morgan fingerprint density at radius 2 is 1.31 bits per heavy atom. The first-order valence-electron chi connectivity index (χ1n) is 7.52. The highest BCUT2D eigenvalue weighted by atomic mass is 16.4. The van der Waals surface area contributed by atoms with E-state index in [0.29, 0.717) is 0 Å². The van der Waals surface area contributed by atoms with Gasteiger partial charge in [0.25, 0.3) is 23.6 Å². The first-order chi connectivity index (χ1) is 12.3. The van der Waals surface area contributed by atoms with E-state index in [0.717, 1.165) is 15.9 Å². The van der Waals surface area contributed by atoms with E-state index in [1.54, 1.807) is 0 Å². The second kappa shape index (κ2) is 5.09. The molecular formula is C18H9N2O6-. The Bertz CT molecular complexity index is 1070. The summed E-state index contributed by atoms with van der Waals surface area (Å²) < 4.78 is 0. The van der Waals surface area contributed by atoms with E-state index in [9.17, 15) is 29.1 Å². The van der Waals surface area contributed by atoms with E-state index in [2.05, 4.69) is 0 Å². The van der Waals surface area contributed by atoms with Gasteiger partial charge in [0.1, 0.15) is 0 Å². The normalized spacial score (nSPS) is 15.6. The van der Waals surface area contributed by atoms with Crippen LogP contribution in [-0.2, 0) is 0 Å². The van der Waals surface area contributed by atoms with Crippen molar-refractivity contribution >= 4 is 35.3 Å². The quantitative estimate of drug-likeness (QED) is 0.709. The van der Waals surface area contributed by atoms with E-state index in [1.807, 2.05) is 0 Å². The average Bonchev–Trinajstić information content (AvgIpc) is 3.01. The van der Waals surface area contributed by atoms with Gasteiger partial charge in [0, 0.05) is 7.05 Å². The molecule has 0 fully saturated rings.